The Bertz CT molecular complexity index is 1120. The van der Waals surface area contributed by atoms with Crippen molar-refractivity contribution in [1.82, 2.24) is 0 Å². The van der Waals surface area contributed by atoms with E-state index in [-0.39, 0.29) is 4.90 Å². The molecular weight excluding hydrogens is 388 g/mol. The largest absolute Gasteiger partial charge is 0.280 e. The minimum absolute atomic E-state index is 0.150. The number of amides is 2. The minimum Gasteiger partial charge on any atom is -0.280 e. The molecule has 3 rings (SSSR count). The highest BCUT2D eigenvalue weighted by Gasteiger charge is 2.22. The summed E-state index contributed by atoms with van der Waals surface area (Å²) >= 11 is 0. The molecule has 0 radical (unpaired) electrons. The van der Waals surface area contributed by atoms with E-state index in [0.29, 0.717) is 16.9 Å². The number of nitrogens with zero attached hydrogens (tertiary/aromatic N) is 1. The van der Waals surface area contributed by atoms with Crippen LogP contribution in [0.5, 0.6) is 0 Å². The summed E-state index contributed by atoms with van der Waals surface area (Å²) < 4.78 is 27.5. The average Bonchev–Trinajstić information content (AvgIpc) is 2.70. The lowest BCUT2D eigenvalue weighted by molar-refractivity contribution is -0.115. The van der Waals surface area contributed by atoms with Gasteiger partial charge in [0.05, 0.1) is 10.6 Å². The number of carbonyl (C=O) groups excluding carboxylic acids is 2. The molecule has 3 aromatic carbocycles. The van der Waals surface area contributed by atoms with Crippen LogP contribution < -0.4 is 9.62 Å². The molecule has 0 aliphatic carbocycles. The predicted molar refractivity (Wildman–Crippen MR) is 112 cm³/mol. The summed E-state index contributed by atoms with van der Waals surface area (Å²) in [6, 6.07) is 21.0. The number of carbonyl (C=O) groups is 2. The van der Waals surface area contributed by atoms with Crippen molar-refractivity contribution in [1.29, 1.82) is 0 Å². The molecule has 0 unspecified atom stereocenters. The van der Waals surface area contributed by atoms with Gasteiger partial charge < -0.3 is 0 Å². The molecule has 3 aromatic rings. The maximum Gasteiger partial charge on any atom is 0.265 e. The summed E-state index contributed by atoms with van der Waals surface area (Å²) in [4.78, 5) is 26.0. The van der Waals surface area contributed by atoms with Crippen LogP contribution in [-0.4, -0.2) is 20.2 Å². The van der Waals surface area contributed by atoms with Gasteiger partial charge in [0.1, 0.15) is 0 Å². The molecule has 0 fully saturated rings. The van der Waals surface area contributed by atoms with E-state index in [1.54, 1.807) is 42.5 Å². The van der Waals surface area contributed by atoms with Gasteiger partial charge in [-0.2, -0.15) is 0 Å². The van der Waals surface area contributed by atoms with Crippen LogP contribution in [0.3, 0.4) is 0 Å². The number of rotatable bonds is 5. The van der Waals surface area contributed by atoms with E-state index in [1.165, 1.54) is 43.3 Å². The molecule has 0 saturated carbocycles. The van der Waals surface area contributed by atoms with Gasteiger partial charge in [-0.15, -0.1) is 0 Å². The summed E-state index contributed by atoms with van der Waals surface area (Å²) in [6.45, 7) is 3.18. The normalized spacial score (nSPS) is 11.0. The lowest BCUT2D eigenvalue weighted by Gasteiger charge is -2.20. The van der Waals surface area contributed by atoms with Crippen molar-refractivity contribution < 1.29 is 18.0 Å². The monoisotopic (exact) mass is 408 g/mol. The summed E-state index contributed by atoms with van der Waals surface area (Å²) in [6.07, 6.45) is 0. The number of hydrogen-bond donors (Lipinski definition) is 1. The van der Waals surface area contributed by atoms with Crippen molar-refractivity contribution in [3.05, 3.63) is 90.0 Å². The van der Waals surface area contributed by atoms with Crippen LogP contribution >= 0.6 is 0 Å². The van der Waals surface area contributed by atoms with Crippen LogP contribution in [0.2, 0.25) is 0 Å². The maximum atomic E-state index is 12.7. The maximum absolute atomic E-state index is 12.7. The molecule has 2 amide bonds. The Morgan fingerprint density at radius 2 is 1.41 bits per heavy atom. The first kappa shape index (κ1) is 20.3. The van der Waals surface area contributed by atoms with E-state index in [0.717, 1.165) is 10.5 Å². The van der Waals surface area contributed by atoms with E-state index in [9.17, 15) is 18.0 Å². The van der Waals surface area contributed by atoms with E-state index in [1.807, 2.05) is 6.92 Å². The molecule has 0 atom stereocenters. The molecule has 0 aliphatic heterocycles. The third-order valence-corrected chi connectivity index (χ3v) is 5.64. The Kier molecular flexibility index (Phi) is 5.79. The van der Waals surface area contributed by atoms with Gasteiger partial charge in [-0.05, 0) is 55.5 Å². The van der Waals surface area contributed by atoms with E-state index in [4.69, 9.17) is 0 Å². The van der Waals surface area contributed by atoms with Gasteiger partial charge in [0.2, 0.25) is 5.91 Å². The zero-order valence-electron chi connectivity index (χ0n) is 16.0. The number of nitrogens with one attached hydrogen (secondary N) is 1. The molecule has 0 heterocycles. The molecular formula is C22H20N2O4S. The Hall–Kier alpha value is -3.45. The molecule has 6 nitrogen and oxygen atoms in total. The lowest BCUT2D eigenvalue weighted by atomic mass is 10.1. The van der Waals surface area contributed by atoms with E-state index >= 15 is 0 Å². The van der Waals surface area contributed by atoms with Gasteiger partial charge in [-0.3, -0.25) is 14.3 Å². The zero-order chi connectivity index (χ0) is 21.0. The van der Waals surface area contributed by atoms with Crippen molar-refractivity contribution in [3.63, 3.8) is 0 Å². The highest BCUT2D eigenvalue weighted by molar-refractivity contribution is 7.92. The van der Waals surface area contributed by atoms with Gasteiger partial charge in [-0.1, -0.05) is 35.9 Å². The van der Waals surface area contributed by atoms with E-state index in [2.05, 4.69) is 4.72 Å². The molecule has 0 bridgehead atoms. The smallest absolute Gasteiger partial charge is 0.265 e. The van der Waals surface area contributed by atoms with E-state index < -0.39 is 21.8 Å². The third kappa shape index (κ3) is 4.70. The highest BCUT2D eigenvalue weighted by Crippen LogP contribution is 2.23. The van der Waals surface area contributed by atoms with Gasteiger partial charge >= 0.3 is 0 Å². The SMILES string of the molecule is CC(=O)N(C(=O)c1ccccc1)c1ccc(NS(=O)(=O)c2ccc(C)cc2)cc1. The van der Waals surface area contributed by atoms with Gasteiger partial charge in [-0.25, -0.2) is 13.3 Å². The van der Waals surface area contributed by atoms with Crippen molar-refractivity contribution >= 4 is 33.2 Å². The summed E-state index contributed by atoms with van der Waals surface area (Å²) in [5.74, 6) is -0.891. The van der Waals surface area contributed by atoms with Crippen LogP contribution in [0.1, 0.15) is 22.8 Å². The molecule has 29 heavy (non-hydrogen) atoms. The molecule has 0 aliphatic rings. The van der Waals surface area contributed by atoms with Crippen LogP contribution in [-0.2, 0) is 14.8 Å². The predicted octanol–water partition coefficient (Wildman–Crippen LogP) is 3.99. The first-order valence-corrected chi connectivity index (χ1v) is 10.4. The molecule has 148 valence electrons. The van der Waals surface area contributed by atoms with Crippen LogP contribution in [0.15, 0.2) is 83.8 Å². The molecule has 0 aromatic heterocycles. The second-order valence-electron chi connectivity index (χ2n) is 6.49. The number of hydrogen-bond acceptors (Lipinski definition) is 4. The zero-order valence-corrected chi connectivity index (χ0v) is 16.8. The van der Waals surface area contributed by atoms with Gasteiger partial charge in [0.15, 0.2) is 0 Å². The van der Waals surface area contributed by atoms with Crippen LogP contribution in [0.4, 0.5) is 11.4 Å². The third-order valence-electron chi connectivity index (χ3n) is 4.25. The van der Waals surface area contributed by atoms with Gasteiger partial charge in [0, 0.05) is 18.2 Å². The fourth-order valence-corrected chi connectivity index (χ4v) is 3.82. The quantitative estimate of drug-likeness (QED) is 0.692. The van der Waals surface area contributed by atoms with Crippen LogP contribution in [0.25, 0.3) is 0 Å². The standard InChI is InChI=1S/C22H20N2O4S/c1-16-8-14-21(15-9-16)29(27,28)23-19-10-12-20(13-11-19)24(17(2)25)22(26)18-6-4-3-5-7-18/h3-15,23H,1-2H3. The topological polar surface area (TPSA) is 83.6 Å². The van der Waals surface area contributed by atoms with Crippen LogP contribution in [0, 0.1) is 6.92 Å². The number of benzene rings is 3. The summed E-state index contributed by atoms with van der Waals surface area (Å²) in [7, 11) is -3.74. The second kappa shape index (κ2) is 8.28. The fourth-order valence-electron chi connectivity index (χ4n) is 2.76. The molecule has 0 saturated heterocycles. The molecule has 0 spiro atoms. The Morgan fingerprint density at radius 3 is 1.97 bits per heavy atom. The van der Waals surface area contributed by atoms with Crippen molar-refractivity contribution in [2.75, 3.05) is 9.62 Å². The summed E-state index contributed by atoms with van der Waals surface area (Å²) in [5.41, 5.74) is 2.02. The molecule has 1 N–H and O–H groups in total. The fraction of sp³-hybridized carbons (Fsp3) is 0.0909. The second-order valence-corrected chi connectivity index (χ2v) is 8.17. The number of aryl methyl sites for hydroxylation is 1. The molecule has 7 heteroatoms. The highest BCUT2D eigenvalue weighted by atomic mass is 32.2. The number of anilines is 2. The van der Waals surface area contributed by atoms with Crippen molar-refractivity contribution in [2.45, 2.75) is 18.7 Å². The average molecular weight is 408 g/mol. The Morgan fingerprint density at radius 1 is 0.828 bits per heavy atom. The summed E-state index contributed by atoms with van der Waals surface area (Å²) in [5, 5.41) is 0. The van der Waals surface area contributed by atoms with Crippen molar-refractivity contribution in [3.8, 4) is 0 Å². The Balaban J connectivity index is 1.83. The number of sulfonamides is 1. The van der Waals surface area contributed by atoms with Crippen molar-refractivity contribution in [2.24, 2.45) is 0 Å². The lowest BCUT2D eigenvalue weighted by Crippen LogP contribution is -2.35. The van der Waals surface area contributed by atoms with Gasteiger partial charge in [0.25, 0.3) is 15.9 Å². The Labute approximate surface area is 169 Å². The first-order chi connectivity index (χ1) is 13.8. The first-order valence-electron chi connectivity index (χ1n) is 8.87. The minimum atomic E-state index is -3.74. The number of imide groups is 1.